The summed E-state index contributed by atoms with van der Waals surface area (Å²) in [5.41, 5.74) is 4.55. The molecule has 0 aromatic heterocycles. The van der Waals surface area contributed by atoms with Gasteiger partial charge in [0.05, 0.1) is 6.61 Å². The van der Waals surface area contributed by atoms with Crippen LogP contribution >= 0.6 is 0 Å². The van der Waals surface area contributed by atoms with Crippen LogP contribution in [0.5, 0.6) is 0 Å². The Kier molecular flexibility index (Phi) is 4.32. The Balaban J connectivity index is 2.29. The minimum atomic E-state index is 0.0968. The highest BCUT2D eigenvalue weighted by Gasteiger charge is 1.98. The van der Waals surface area contributed by atoms with Crippen LogP contribution in [0.1, 0.15) is 24.5 Å². The molecule has 2 rings (SSSR count). The Hall–Kier alpha value is -1.86. The molecule has 0 heterocycles. The van der Waals surface area contributed by atoms with Crippen LogP contribution in [-0.2, 0) is 6.61 Å². The van der Waals surface area contributed by atoms with Crippen molar-refractivity contribution in [2.75, 3.05) is 0 Å². The molecule has 0 radical (unpaired) electrons. The summed E-state index contributed by atoms with van der Waals surface area (Å²) >= 11 is 0. The summed E-state index contributed by atoms with van der Waals surface area (Å²) in [5, 5.41) is 9.03. The third-order valence-corrected chi connectivity index (χ3v) is 2.90. The Morgan fingerprint density at radius 3 is 2.44 bits per heavy atom. The van der Waals surface area contributed by atoms with E-state index < -0.39 is 0 Å². The van der Waals surface area contributed by atoms with Crippen molar-refractivity contribution < 1.29 is 5.11 Å². The van der Waals surface area contributed by atoms with E-state index in [-0.39, 0.29) is 6.61 Å². The molecule has 0 spiro atoms. The summed E-state index contributed by atoms with van der Waals surface area (Å²) in [6, 6.07) is 16.5. The highest BCUT2D eigenvalue weighted by Crippen LogP contribution is 2.21. The van der Waals surface area contributed by atoms with Gasteiger partial charge in [-0.3, -0.25) is 0 Å². The minimum absolute atomic E-state index is 0.0968. The van der Waals surface area contributed by atoms with Crippen molar-refractivity contribution in [2.45, 2.75) is 20.0 Å². The lowest BCUT2D eigenvalue weighted by atomic mass is 10.0. The predicted molar refractivity (Wildman–Crippen MR) is 77.1 cm³/mol. The number of rotatable bonds is 4. The number of hydrogen-bond acceptors (Lipinski definition) is 1. The molecule has 0 amide bonds. The Bertz CT molecular complexity index is 524. The van der Waals surface area contributed by atoms with Crippen molar-refractivity contribution >= 4 is 6.08 Å². The number of aliphatic hydroxyl groups is 1. The van der Waals surface area contributed by atoms with Crippen molar-refractivity contribution in [2.24, 2.45) is 0 Å². The van der Waals surface area contributed by atoms with E-state index in [4.69, 9.17) is 5.11 Å². The molecule has 92 valence electrons. The molecule has 18 heavy (non-hydrogen) atoms. The van der Waals surface area contributed by atoms with Crippen LogP contribution in [0.15, 0.2) is 54.6 Å². The lowest BCUT2D eigenvalue weighted by molar-refractivity contribution is 0.282. The van der Waals surface area contributed by atoms with Gasteiger partial charge >= 0.3 is 0 Å². The van der Waals surface area contributed by atoms with Crippen molar-refractivity contribution in [1.82, 2.24) is 0 Å². The fraction of sp³-hybridized carbons (Fsp3) is 0.176. The average molecular weight is 238 g/mol. The van der Waals surface area contributed by atoms with Crippen LogP contribution in [0, 0.1) is 0 Å². The largest absolute Gasteiger partial charge is 0.392 e. The molecule has 2 aromatic carbocycles. The van der Waals surface area contributed by atoms with Gasteiger partial charge in [0.25, 0.3) is 0 Å². The molecule has 0 atom stereocenters. The molecular weight excluding hydrogens is 220 g/mol. The fourth-order valence-electron chi connectivity index (χ4n) is 1.88. The summed E-state index contributed by atoms with van der Waals surface area (Å²) in [5.74, 6) is 0. The lowest BCUT2D eigenvalue weighted by Gasteiger charge is -2.04. The first-order chi connectivity index (χ1) is 8.83. The van der Waals surface area contributed by atoms with Crippen molar-refractivity contribution in [3.63, 3.8) is 0 Å². The third-order valence-electron chi connectivity index (χ3n) is 2.90. The van der Waals surface area contributed by atoms with Gasteiger partial charge in [-0.2, -0.15) is 0 Å². The summed E-state index contributed by atoms with van der Waals surface area (Å²) in [6.07, 6.45) is 5.36. The molecule has 0 aliphatic rings. The Morgan fingerprint density at radius 1 is 1.00 bits per heavy atom. The SMILES string of the molecule is CCC=Cc1cccc(-c2ccc(CO)cc2)c1. The van der Waals surface area contributed by atoms with E-state index in [9.17, 15) is 0 Å². The van der Waals surface area contributed by atoms with Gasteiger partial charge in [-0.1, -0.05) is 61.5 Å². The van der Waals surface area contributed by atoms with Gasteiger partial charge in [-0.05, 0) is 34.7 Å². The summed E-state index contributed by atoms with van der Waals surface area (Å²) < 4.78 is 0. The molecule has 0 aliphatic carbocycles. The van der Waals surface area contributed by atoms with Gasteiger partial charge in [0, 0.05) is 0 Å². The molecule has 1 N–H and O–H groups in total. The van der Waals surface area contributed by atoms with Crippen molar-refractivity contribution in [1.29, 1.82) is 0 Å². The highest BCUT2D eigenvalue weighted by atomic mass is 16.3. The second-order valence-corrected chi connectivity index (χ2v) is 4.29. The van der Waals surface area contributed by atoms with Gasteiger partial charge < -0.3 is 5.11 Å². The summed E-state index contributed by atoms with van der Waals surface area (Å²) in [4.78, 5) is 0. The number of benzene rings is 2. The van der Waals surface area contributed by atoms with Crippen LogP contribution in [0.4, 0.5) is 0 Å². The first-order valence-electron chi connectivity index (χ1n) is 6.30. The standard InChI is InChI=1S/C17H18O/c1-2-3-5-14-6-4-7-17(12-14)16-10-8-15(13-18)9-11-16/h3-12,18H,2,13H2,1H3. The van der Waals surface area contributed by atoms with Gasteiger partial charge in [0.15, 0.2) is 0 Å². The fourth-order valence-corrected chi connectivity index (χ4v) is 1.88. The van der Waals surface area contributed by atoms with E-state index >= 15 is 0 Å². The number of allylic oxidation sites excluding steroid dienone is 1. The number of aliphatic hydroxyl groups excluding tert-OH is 1. The zero-order valence-corrected chi connectivity index (χ0v) is 10.6. The molecule has 0 bridgehead atoms. The van der Waals surface area contributed by atoms with Crippen molar-refractivity contribution in [3.8, 4) is 11.1 Å². The van der Waals surface area contributed by atoms with E-state index in [0.717, 1.165) is 12.0 Å². The molecule has 0 saturated carbocycles. The van der Waals surface area contributed by atoms with Gasteiger partial charge in [-0.15, -0.1) is 0 Å². The highest BCUT2D eigenvalue weighted by molar-refractivity contribution is 5.67. The van der Waals surface area contributed by atoms with Gasteiger partial charge in [0.1, 0.15) is 0 Å². The molecule has 1 nitrogen and oxygen atoms in total. The predicted octanol–water partition coefficient (Wildman–Crippen LogP) is 4.27. The van der Waals surface area contributed by atoms with Gasteiger partial charge in [0.2, 0.25) is 0 Å². The van der Waals surface area contributed by atoms with Crippen LogP contribution in [0.2, 0.25) is 0 Å². The van der Waals surface area contributed by atoms with E-state index in [1.165, 1.54) is 16.7 Å². The molecule has 0 aliphatic heterocycles. The molecule has 2 aromatic rings. The molecule has 1 heteroatoms. The Morgan fingerprint density at radius 2 is 1.78 bits per heavy atom. The van der Waals surface area contributed by atoms with Crippen LogP contribution in [-0.4, -0.2) is 5.11 Å². The molecule has 0 saturated heterocycles. The van der Waals surface area contributed by atoms with Crippen molar-refractivity contribution in [3.05, 3.63) is 65.7 Å². The van der Waals surface area contributed by atoms with Crippen LogP contribution in [0.25, 0.3) is 17.2 Å². The molecule has 0 unspecified atom stereocenters. The van der Waals surface area contributed by atoms with Crippen LogP contribution in [0.3, 0.4) is 0 Å². The lowest BCUT2D eigenvalue weighted by Crippen LogP contribution is -1.83. The second kappa shape index (κ2) is 6.18. The first-order valence-corrected chi connectivity index (χ1v) is 6.30. The quantitative estimate of drug-likeness (QED) is 0.843. The minimum Gasteiger partial charge on any atom is -0.392 e. The van der Waals surface area contributed by atoms with Gasteiger partial charge in [-0.25, -0.2) is 0 Å². The molecule has 0 fully saturated rings. The summed E-state index contributed by atoms with van der Waals surface area (Å²) in [7, 11) is 0. The topological polar surface area (TPSA) is 20.2 Å². The maximum atomic E-state index is 9.03. The number of hydrogen-bond donors (Lipinski definition) is 1. The second-order valence-electron chi connectivity index (χ2n) is 4.29. The van der Waals surface area contributed by atoms with Crippen LogP contribution < -0.4 is 0 Å². The first kappa shape index (κ1) is 12.6. The third kappa shape index (κ3) is 3.08. The van der Waals surface area contributed by atoms with E-state index in [1.807, 2.05) is 24.3 Å². The normalized spacial score (nSPS) is 11.0. The maximum absolute atomic E-state index is 9.03. The monoisotopic (exact) mass is 238 g/mol. The maximum Gasteiger partial charge on any atom is 0.0681 e. The zero-order chi connectivity index (χ0) is 12.8. The van der Waals surface area contributed by atoms with E-state index in [0.29, 0.717) is 0 Å². The molecular formula is C17H18O. The van der Waals surface area contributed by atoms with E-state index in [2.05, 4.69) is 43.3 Å². The zero-order valence-electron chi connectivity index (χ0n) is 10.6. The van der Waals surface area contributed by atoms with E-state index in [1.54, 1.807) is 0 Å². The Labute approximate surface area is 108 Å². The summed E-state index contributed by atoms with van der Waals surface area (Å²) in [6.45, 7) is 2.23. The smallest absolute Gasteiger partial charge is 0.0681 e. The average Bonchev–Trinajstić information content (AvgIpc) is 2.45.